The number of hydrogen-bond donors (Lipinski definition) is 1. The van der Waals surface area contributed by atoms with E-state index in [1.165, 1.54) is 12.5 Å². The molecule has 2 aromatic rings. The highest BCUT2D eigenvalue weighted by Crippen LogP contribution is 2.19. The number of benzene rings is 2. The van der Waals surface area contributed by atoms with Gasteiger partial charge in [-0.1, -0.05) is 42.5 Å². The fourth-order valence-corrected chi connectivity index (χ4v) is 3.85. The lowest BCUT2D eigenvalue weighted by Crippen LogP contribution is -2.38. The second-order valence-corrected chi connectivity index (χ2v) is 7.73. The minimum atomic E-state index is -0.296. The van der Waals surface area contributed by atoms with Crippen molar-refractivity contribution >= 4 is 11.8 Å². The molecular weight excluding hydrogens is 378 g/mol. The van der Waals surface area contributed by atoms with Crippen LogP contribution < -0.4 is 10.1 Å². The summed E-state index contributed by atoms with van der Waals surface area (Å²) in [4.78, 5) is 29.0. The summed E-state index contributed by atoms with van der Waals surface area (Å²) in [6, 6.07) is 17.5. The van der Waals surface area contributed by atoms with E-state index in [9.17, 15) is 9.59 Å². The van der Waals surface area contributed by atoms with Gasteiger partial charge in [-0.15, -0.1) is 0 Å². The van der Waals surface area contributed by atoms with Gasteiger partial charge in [0.05, 0.1) is 19.6 Å². The first-order chi connectivity index (χ1) is 14.5. The first-order valence-electron chi connectivity index (χ1n) is 10.5. The normalized spacial score (nSPS) is 15.9. The summed E-state index contributed by atoms with van der Waals surface area (Å²) >= 11 is 0. The summed E-state index contributed by atoms with van der Waals surface area (Å²) in [7, 11) is 1.67. The molecule has 1 unspecified atom stereocenters. The highest BCUT2D eigenvalue weighted by atomic mass is 16.5. The van der Waals surface area contributed by atoms with Gasteiger partial charge < -0.3 is 15.0 Å². The van der Waals surface area contributed by atoms with Gasteiger partial charge in [0.1, 0.15) is 5.75 Å². The van der Waals surface area contributed by atoms with Crippen LogP contribution >= 0.6 is 0 Å². The Morgan fingerprint density at radius 3 is 2.40 bits per heavy atom. The predicted octanol–water partition coefficient (Wildman–Crippen LogP) is 3.00. The number of ether oxygens (including phenoxy) is 1. The van der Waals surface area contributed by atoms with Crippen LogP contribution in [-0.2, 0) is 16.1 Å². The second-order valence-electron chi connectivity index (χ2n) is 7.73. The first-order valence-corrected chi connectivity index (χ1v) is 10.5. The summed E-state index contributed by atoms with van der Waals surface area (Å²) in [6.07, 6.45) is 1.22. The topological polar surface area (TPSA) is 61.9 Å². The van der Waals surface area contributed by atoms with Gasteiger partial charge in [0.25, 0.3) is 0 Å². The van der Waals surface area contributed by atoms with Crippen LogP contribution in [-0.4, -0.2) is 54.9 Å². The van der Waals surface area contributed by atoms with E-state index in [-0.39, 0.29) is 24.3 Å². The summed E-state index contributed by atoms with van der Waals surface area (Å²) in [5.74, 6) is 0.820. The Hall–Kier alpha value is -2.86. The molecule has 0 spiro atoms. The molecule has 1 aliphatic rings. The Morgan fingerprint density at radius 1 is 1.00 bits per heavy atom. The monoisotopic (exact) mass is 409 g/mol. The quantitative estimate of drug-likeness (QED) is 0.764. The second kappa shape index (κ2) is 10.8. The number of carbonyl (C=O) groups is 2. The molecule has 1 fully saturated rings. The molecule has 0 saturated carbocycles. The maximum atomic E-state index is 13.0. The highest BCUT2D eigenvalue weighted by molar-refractivity contribution is 5.79. The van der Waals surface area contributed by atoms with Crippen LogP contribution in [0.3, 0.4) is 0 Å². The first kappa shape index (κ1) is 21.8. The predicted molar refractivity (Wildman–Crippen MR) is 117 cm³/mol. The van der Waals surface area contributed by atoms with Gasteiger partial charge in [-0.05, 0) is 29.7 Å². The lowest BCUT2D eigenvalue weighted by atomic mass is 10.0. The fourth-order valence-electron chi connectivity index (χ4n) is 3.85. The van der Waals surface area contributed by atoms with Crippen molar-refractivity contribution in [3.8, 4) is 5.75 Å². The number of rotatable bonds is 7. The van der Waals surface area contributed by atoms with Crippen molar-refractivity contribution in [2.45, 2.75) is 32.4 Å². The standard InChI is InChI=1S/C24H31N3O3/c1-19(28)25-23(21-7-4-3-5-8-21)17-24(29)27-14-6-13-26(15-16-27)18-20-9-11-22(30-2)12-10-20/h3-5,7-12,23H,6,13-18H2,1-2H3,(H,25,28). The van der Waals surface area contributed by atoms with Crippen LogP contribution in [0.1, 0.15) is 36.9 Å². The molecule has 1 heterocycles. The van der Waals surface area contributed by atoms with Crippen LogP contribution in [0, 0.1) is 0 Å². The third kappa shape index (κ3) is 6.32. The van der Waals surface area contributed by atoms with E-state index in [4.69, 9.17) is 4.74 Å². The van der Waals surface area contributed by atoms with E-state index in [0.29, 0.717) is 6.54 Å². The lowest BCUT2D eigenvalue weighted by molar-refractivity contribution is -0.132. The summed E-state index contributed by atoms with van der Waals surface area (Å²) in [6.45, 7) is 5.61. The number of nitrogens with one attached hydrogen (secondary N) is 1. The van der Waals surface area contributed by atoms with E-state index in [2.05, 4.69) is 22.3 Å². The molecule has 0 radical (unpaired) electrons. The molecule has 1 aliphatic heterocycles. The van der Waals surface area contributed by atoms with Crippen LogP contribution in [0.2, 0.25) is 0 Å². The number of methoxy groups -OCH3 is 1. The maximum Gasteiger partial charge on any atom is 0.225 e. The molecule has 1 atom stereocenters. The average Bonchev–Trinajstić information content (AvgIpc) is 3.00. The zero-order chi connectivity index (χ0) is 21.3. The molecule has 3 rings (SSSR count). The van der Waals surface area contributed by atoms with Crippen LogP contribution in [0.15, 0.2) is 54.6 Å². The van der Waals surface area contributed by atoms with Gasteiger partial charge in [0.2, 0.25) is 11.8 Å². The minimum Gasteiger partial charge on any atom is -0.497 e. The van der Waals surface area contributed by atoms with Gasteiger partial charge in [-0.2, -0.15) is 0 Å². The number of nitrogens with zero attached hydrogens (tertiary/aromatic N) is 2. The van der Waals surface area contributed by atoms with E-state index in [1.54, 1.807) is 7.11 Å². The number of hydrogen-bond acceptors (Lipinski definition) is 4. The maximum absolute atomic E-state index is 13.0. The van der Waals surface area contributed by atoms with E-state index in [1.807, 2.05) is 47.4 Å². The molecule has 0 aliphatic carbocycles. The fraction of sp³-hybridized carbons (Fsp3) is 0.417. The Balaban J connectivity index is 1.56. The molecule has 1 N–H and O–H groups in total. The third-order valence-electron chi connectivity index (χ3n) is 5.46. The zero-order valence-electron chi connectivity index (χ0n) is 17.8. The van der Waals surface area contributed by atoms with Crippen molar-refractivity contribution < 1.29 is 14.3 Å². The Kier molecular flexibility index (Phi) is 7.85. The van der Waals surface area contributed by atoms with Gasteiger partial charge in [0.15, 0.2) is 0 Å². The summed E-state index contributed by atoms with van der Waals surface area (Å²) in [5.41, 5.74) is 2.20. The van der Waals surface area contributed by atoms with Gasteiger partial charge in [0, 0.05) is 39.6 Å². The van der Waals surface area contributed by atoms with Gasteiger partial charge >= 0.3 is 0 Å². The SMILES string of the molecule is COc1ccc(CN2CCCN(C(=O)CC(NC(C)=O)c3ccccc3)CC2)cc1. The van der Waals surface area contributed by atoms with E-state index < -0.39 is 0 Å². The number of carbonyl (C=O) groups excluding carboxylic acids is 2. The molecule has 6 nitrogen and oxygen atoms in total. The van der Waals surface area contributed by atoms with E-state index in [0.717, 1.165) is 43.9 Å². The number of amides is 2. The average molecular weight is 410 g/mol. The van der Waals surface area contributed by atoms with Crippen LogP contribution in [0.5, 0.6) is 5.75 Å². The molecule has 0 aromatic heterocycles. The third-order valence-corrected chi connectivity index (χ3v) is 5.46. The molecule has 160 valence electrons. The molecule has 2 aromatic carbocycles. The van der Waals surface area contributed by atoms with E-state index >= 15 is 0 Å². The lowest BCUT2D eigenvalue weighted by Gasteiger charge is -2.25. The molecule has 6 heteroatoms. The van der Waals surface area contributed by atoms with Crippen molar-refractivity contribution in [1.82, 2.24) is 15.1 Å². The Labute approximate surface area is 178 Å². The van der Waals surface area contributed by atoms with Crippen molar-refractivity contribution in [3.05, 3.63) is 65.7 Å². The molecular formula is C24H31N3O3. The zero-order valence-corrected chi connectivity index (χ0v) is 17.8. The van der Waals surface area contributed by atoms with Crippen molar-refractivity contribution in [2.24, 2.45) is 0 Å². The minimum absolute atomic E-state index is 0.0869. The Morgan fingerprint density at radius 2 is 1.73 bits per heavy atom. The van der Waals surface area contributed by atoms with Crippen molar-refractivity contribution in [2.75, 3.05) is 33.3 Å². The molecule has 0 bridgehead atoms. The summed E-state index contributed by atoms with van der Waals surface area (Å²) < 4.78 is 5.22. The summed E-state index contributed by atoms with van der Waals surface area (Å²) in [5, 5.41) is 2.93. The largest absolute Gasteiger partial charge is 0.497 e. The van der Waals surface area contributed by atoms with Gasteiger partial charge in [-0.25, -0.2) is 0 Å². The van der Waals surface area contributed by atoms with Crippen molar-refractivity contribution in [1.29, 1.82) is 0 Å². The van der Waals surface area contributed by atoms with Crippen LogP contribution in [0.25, 0.3) is 0 Å². The van der Waals surface area contributed by atoms with Gasteiger partial charge in [-0.3, -0.25) is 14.5 Å². The molecule has 2 amide bonds. The highest BCUT2D eigenvalue weighted by Gasteiger charge is 2.23. The Bertz CT molecular complexity index is 823. The van der Waals surface area contributed by atoms with Crippen LogP contribution in [0.4, 0.5) is 0 Å². The smallest absolute Gasteiger partial charge is 0.225 e. The molecule has 1 saturated heterocycles. The molecule has 30 heavy (non-hydrogen) atoms. The van der Waals surface area contributed by atoms with Crippen molar-refractivity contribution in [3.63, 3.8) is 0 Å².